The highest BCUT2D eigenvalue weighted by Crippen LogP contribution is 2.38. The first-order chi connectivity index (χ1) is 16.9. The maximum absolute atomic E-state index is 12.8. The Morgan fingerprint density at radius 3 is 2.69 bits per heavy atom. The Morgan fingerprint density at radius 2 is 1.89 bits per heavy atom. The molecular formula is C24H20N6O3S2. The van der Waals surface area contributed by atoms with Crippen molar-refractivity contribution in [3.8, 4) is 22.9 Å². The van der Waals surface area contributed by atoms with Crippen molar-refractivity contribution < 1.29 is 13.2 Å². The van der Waals surface area contributed by atoms with Crippen LogP contribution < -0.4 is 15.2 Å². The highest BCUT2D eigenvalue weighted by atomic mass is 32.2. The van der Waals surface area contributed by atoms with Crippen LogP contribution in [0.3, 0.4) is 0 Å². The van der Waals surface area contributed by atoms with Gasteiger partial charge in [0.05, 0.1) is 28.1 Å². The van der Waals surface area contributed by atoms with E-state index in [9.17, 15) is 8.42 Å². The van der Waals surface area contributed by atoms with Crippen molar-refractivity contribution in [3.63, 3.8) is 0 Å². The molecule has 0 unspecified atom stereocenters. The van der Waals surface area contributed by atoms with Gasteiger partial charge in [0.15, 0.2) is 0 Å². The molecular weight excluding hydrogens is 484 g/mol. The normalized spacial score (nSPS) is 11.5. The fourth-order valence-electron chi connectivity index (χ4n) is 3.66. The van der Waals surface area contributed by atoms with Crippen LogP contribution in [-0.2, 0) is 15.8 Å². The summed E-state index contributed by atoms with van der Waals surface area (Å²) >= 11 is 1.35. The number of fused-ring (bicyclic) bond motifs is 1. The lowest BCUT2D eigenvalue weighted by molar-refractivity contribution is 0.466. The quantitative estimate of drug-likeness (QED) is 0.324. The van der Waals surface area contributed by atoms with Crippen molar-refractivity contribution in [2.24, 2.45) is 0 Å². The lowest BCUT2D eigenvalue weighted by atomic mass is 10.0. The molecule has 3 N–H and O–H groups in total. The summed E-state index contributed by atoms with van der Waals surface area (Å²) in [6.45, 7) is 1.92. The molecule has 0 aliphatic carbocycles. The number of nitrogens with zero attached hydrogens (tertiary/aromatic N) is 4. The average Bonchev–Trinajstić information content (AvgIpc) is 3.33. The Morgan fingerprint density at radius 1 is 1.00 bits per heavy atom. The summed E-state index contributed by atoms with van der Waals surface area (Å²) in [5.74, 6) is 0.843. The minimum absolute atomic E-state index is 0.147. The number of nitrogen functional groups attached to an aromatic ring is 1. The molecule has 0 aliphatic rings. The van der Waals surface area contributed by atoms with Crippen molar-refractivity contribution in [1.82, 2.24) is 19.9 Å². The number of nitrogens with one attached hydrogen (secondary N) is 1. The molecule has 0 spiro atoms. The predicted molar refractivity (Wildman–Crippen MR) is 137 cm³/mol. The van der Waals surface area contributed by atoms with Gasteiger partial charge < -0.3 is 10.5 Å². The van der Waals surface area contributed by atoms with Gasteiger partial charge in [-0.05, 0) is 36.8 Å². The maximum Gasteiger partial charge on any atom is 0.238 e. The zero-order valence-electron chi connectivity index (χ0n) is 18.5. The Kier molecular flexibility index (Phi) is 6.01. The van der Waals surface area contributed by atoms with E-state index in [-0.39, 0.29) is 11.7 Å². The summed E-state index contributed by atoms with van der Waals surface area (Å²) < 4.78 is 34.6. The third-order valence-electron chi connectivity index (χ3n) is 5.22. The molecule has 9 nitrogen and oxygen atoms in total. The number of rotatable bonds is 7. The first-order valence-electron chi connectivity index (χ1n) is 10.5. The number of aromatic nitrogens is 4. The van der Waals surface area contributed by atoms with E-state index in [2.05, 4.69) is 24.7 Å². The highest BCUT2D eigenvalue weighted by Gasteiger charge is 2.18. The number of hydrogen-bond donors (Lipinski definition) is 2. The molecule has 11 heteroatoms. The molecule has 176 valence electrons. The summed E-state index contributed by atoms with van der Waals surface area (Å²) in [7, 11) is -3.66. The predicted octanol–water partition coefficient (Wildman–Crippen LogP) is 4.77. The Bertz CT molecular complexity index is 1620. The van der Waals surface area contributed by atoms with Crippen molar-refractivity contribution in [1.29, 1.82) is 0 Å². The van der Waals surface area contributed by atoms with Crippen molar-refractivity contribution in [2.75, 3.05) is 10.5 Å². The van der Waals surface area contributed by atoms with Crippen LogP contribution in [0.25, 0.3) is 22.0 Å². The number of nitrogens with two attached hydrogens (primary N) is 1. The second-order valence-electron chi connectivity index (χ2n) is 7.71. The first kappa shape index (κ1) is 22.7. The van der Waals surface area contributed by atoms with Crippen LogP contribution in [0.4, 0.5) is 11.6 Å². The molecule has 0 bridgehead atoms. The van der Waals surface area contributed by atoms with E-state index in [4.69, 9.17) is 10.5 Å². The van der Waals surface area contributed by atoms with E-state index in [1.165, 1.54) is 11.3 Å². The van der Waals surface area contributed by atoms with Gasteiger partial charge in [0.25, 0.3) is 0 Å². The molecule has 5 rings (SSSR count). The SMILES string of the molecule is Cc1ccc2c(NS(=O)(=O)Cc3cscn3)cccc2c1Oc1ncccc1-c1ccnc(N)n1. The van der Waals surface area contributed by atoms with Crippen molar-refractivity contribution in [3.05, 3.63) is 83.1 Å². The van der Waals surface area contributed by atoms with Gasteiger partial charge in [-0.2, -0.15) is 0 Å². The number of aryl methyl sites for hydroxylation is 1. The van der Waals surface area contributed by atoms with Crippen LogP contribution in [0, 0.1) is 6.92 Å². The number of thiazole rings is 1. The van der Waals surface area contributed by atoms with Gasteiger partial charge in [-0.15, -0.1) is 11.3 Å². The summed E-state index contributed by atoms with van der Waals surface area (Å²) in [5, 5.41) is 3.14. The second kappa shape index (κ2) is 9.28. The molecule has 5 aromatic rings. The minimum atomic E-state index is -3.66. The third-order valence-corrected chi connectivity index (χ3v) is 7.06. The van der Waals surface area contributed by atoms with Gasteiger partial charge in [-0.1, -0.05) is 24.3 Å². The minimum Gasteiger partial charge on any atom is -0.437 e. The number of pyridine rings is 1. The molecule has 3 aromatic heterocycles. The average molecular weight is 505 g/mol. The zero-order valence-corrected chi connectivity index (χ0v) is 20.2. The van der Waals surface area contributed by atoms with Crippen LogP contribution in [0.2, 0.25) is 0 Å². The van der Waals surface area contributed by atoms with Gasteiger partial charge in [0.2, 0.25) is 21.9 Å². The molecule has 0 saturated carbocycles. The van der Waals surface area contributed by atoms with Crippen LogP contribution in [0.1, 0.15) is 11.3 Å². The number of anilines is 2. The molecule has 0 fully saturated rings. The fourth-order valence-corrected chi connectivity index (χ4v) is 5.45. The molecule has 2 aromatic carbocycles. The van der Waals surface area contributed by atoms with E-state index in [1.807, 2.05) is 31.2 Å². The Balaban J connectivity index is 1.54. The molecule has 0 amide bonds. The largest absolute Gasteiger partial charge is 0.437 e. The van der Waals surface area contributed by atoms with E-state index in [0.29, 0.717) is 39.7 Å². The Labute approximate surface area is 205 Å². The van der Waals surface area contributed by atoms with Gasteiger partial charge in [0, 0.05) is 28.5 Å². The summed E-state index contributed by atoms with van der Waals surface area (Å²) in [5.41, 5.74) is 10.4. The van der Waals surface area contributed by atoms with Crippen LogP contribution >= 0.6 is 11.3 Å². The van der Waals surface area contributed by atoms with Crippen molar-refractivity contribution >= 4 is 43.8 Å². The highest BCUT2D eigenvalue weighted by molar-refractivity contribution is 7.91. The first-order valence-corrected chi connectivity index (χ1v) is 13.1. The zero-order chi connectivity index (χ0) is 24.4. The fraction of sp³-hybridized carbons (Fsp3) is 0.0833. The number of ether oxygens (including phenoxy) is 1. The molecule has 35 heavy (non-hydrogen) atoms. The molecule has 0 radical (unpaired) electrons. The molecule has 0 atom stereocenters. The topological polar surface area (TPSA) is 133 Å². The van der Waals surface area contributed by atoms with Gasteiger partial charge in [-0.3, -0.25) is 4.72 Å². The molecule has 0 aliphatic heterocycles. The summed E-state index contributed by atoms with van der Waals surface area (Å²) in [6.07, 6.45) is 3.20. The number of sulfonamides is 1. The van der Waals surface area contributed by atoms with E-state index < -0.39 is 10.0 Å². The van der Waals surface area contributed by atoms with Crippen LogP contribution in [0.15, 0.2) is 71.8 Å². The second-order valence-corrected chi connectivity index (χ2v) is 10.2. The van der Waals surface area contributed by atoms with Crippen LogP contribution in [0.5, 0.6) is 11.6 Å². The van der Waals surface area contributed by atoms with Crippen LogP contribution in [-0.4, -0.2) is 28.4 Å². The Hall–Kier alpha value is -4.09. The molecule has 0 saturated heterocycles. The maximum atomic E-state index is 12.8. The van der Waals surface area contributed by atoms with Gasteiger partial charge in [-0.25, -0.2) is 28.4 Å². The van der Waals surface area contributed by atoms with Gasteiger partial charge in [0.1, 0.15) is 11.5 Å². The summed E-state index contributed by atoms with van der Waals surface area (Å²) in [4.78, 5) is 16.7. The number of benzene rings is 2. The van der Waals surface area contributed by atoms with E-state index in [1.54, 1.807) is 47.5 Å². The van der Waals surface area contributed by atoms with E-state index >= 15 is 0 Å². The lowest BCUT2D eigenvalue weighted by Gasteiger charge is -2.16. The van der Waals surface area contributed by atoms with Gasteiger partial charge >= 0.3 is 0 Å². The number of hydrogen-bond acceptors (Lipinski definition) is 9. The van der Waals surface area contributed by atoms with Crippen molar-refractivity contribution in [2.45, 2.75) is 12.7 Å². The molecule has 3 heterocycles. The third kappa shape index (κ3) is 4.91. The standard InChI is InChI=1S/C24H20N6O3S2/c1-15-7-8-17-18(4-2-6-21(17)30-35(31,32)13-16-12-34-14-28-16)22(15)33-23-19(5-3-10-26-23)20-9-11-27-24(25)29-20/h2-12,14,30H,13H2,1H3,(H2,25,27,29). The lowest BCUT2D eigenvalue weighted by Crippen LogP contribution is -2.15. The smallest absolute Gasteiger partial charge is 0.238 e. The van der Waals surface area contributed by atoms with E-state index in [0.717, 1.165) is 10.9 Å². The summed E-state index contributed by atoms with van der Waals surface area (Å²) in [6, 6.07) is 14.5. The monoisotopic (exact) mass is 504 g/mol.